The van der Waals surface area contributed by atoms with E-state index in [0.29, 0.717) is 6.61 Å². The first-order valence-electron chi connectivity index (χ1n) is 7.79. The Morgan fingerprint density at radius 3 is 2.45 bits per heavy atom. The van der Waals surface area contributed by atoms with Gasteiger partial charge in [-0.25, -0.2) is 0 Å². The van der Waals surface area contributed by atoms with E-state index >= 15 is 0 Å². The summed E-state index contributed by atoms with van der Waals surface area (Å²) in [5.41, 5.74) is 2.77. The first kappa shape index (κ1) is 16.7. The molecule has 2 aromatic rings. The van der Waals surface area contributed by atoms with E-state index in [1.54, 1.807) is 0 Å². The summed E-state index contributed by atoms with van der Waals surface area (Å²) in [6.07, 6.45) is 1.01. The van der Waals surface area contributed by atoms with E-state index in [0.717, 1.165) is 29.9 Å². The molecule has 22 heavy (non-hydrogen) atoms. The number of aromatic nitrogens is 2. The molecule has 1 aromatic heterocycles. The smallest absolute Gasteiger partial charge is 0.132 e. The molecule has 0 saturated carbocycles. The zero-order valence-electron chi connectivity index (χ0n) is 14.3. The van der Waals surface area contributed by atoms with E-state index in [9.17, 15) is 0 Å². The average Bonchev–Trinajstić information content (AvgIpc) is 2.83. The van der Waals surface area contributed by atoms with Crippen LogP contribution in [-0.4, -0.2) is 41.9 Å². The van der Waals surface area contributed by atoms with Crippen molar-refractivity contribution in [3.05, 3.63) is 53.3 Å². The summed E-state index contributed by atoms with van der Waals surface area (Å²) >= 11 is 0. The molecular formula is C18H27N3O. The number of hydrogen-bond donors (Lipinski definition) is 0. The Morgan fingerprint density at radius 2 is 1.91 bits per heavy atom. The van der Waals surface area contributed by atoms with Gasteiger partial charge in [-0.05, 0) is 52.5 Å². The summed E-state index contributed by atoms with van der Waals surface area (Å²) in [5, 5.41) is 4.49. The lowest BCUT2D eigenvalue weighted by molar-refractivity contribution is -0.0127. The van der Waals surface area contributed by atoms with Crippen LogP contribution in [0.2, 0.25) is 0 Å². The van der Waals surface area contributed by atoms with Crippen molar-refractivity contribution in [1.82, 2.24) is 14.7 Å². The Morgan fingerprint density at radius 1 is 1.23 bits per heavy atom. The van der Waals surface area contributed by atoms with Crippen LogP contribution in [0, 0.1) is 6.92 Å². The van der Waals surface area contributed by atoms with Gasteiger partial charge in [0.25, 0.3) is 0 Å². The molecule has 0 amide bonds. The lowest BCUT2D eigenvalue weighted by atomic mass is 9.91. The third-order valence-corrected chi connectivity index (χ3v) is 3.96. The molecule has 0 radical (unpaired) electrons. The quantitative estimate of drug-likeness (QED) is 0.737. The molecule has 4 nitrogen and oxygen atoms in total. The van der Waals surface area contributed by atoms with Gasteiger partial charge in [-0.2, -0.15) is 5.10 Å². The first-order valence-corrected chi connectivity index (χ1v) is 7.79. The van der Waals surface area contributed by atoms with Crippen molar-refractivity contribution in [1.29, 1.82) is 0 Å². The summed E-state index contributed by atoms with van der Waals surface area (Å²) in [6, 6.07) is 12.5. The molecule has 1 unspecified atom stereocenters. The van der Waals surface area contributed by atoms with Gasteiger partial charge in [0.2, 0.25) is 0 Å². The van der Waals surface area contributed by atoms with E-state index in [4.69, 9.17) is 4.74 Å². The molecule has 2 rings (SSSR count). The van der Waals surface area contributed by atoms with Gasteiger partial charge in [0.1, 0.15) is 5.60 Å². The van der Waals surface area contributed by atoms with Gasteiger partial charge in [0.15, 0.2) is 0 Å². The predicted octanol–water partition coefficient (Wildman–Crippen LogP) is 2.96. The molecule has 0 bridgehead atoms. The number of benzene rings is 1. The van der Waals surface area contributed by atoms with Crippen LogP contribution in [0.15, 0.2) is 36.4 Å². The minimum Gasteiger partial charge on any atom is -0.364 e. The van der Waals surface area contributed by atoms with Crippen molar-refractivity contribution in [2.24, 2.45) is 7.05 Å². The van der Waals surface area contributed by atoms with Gasteiger partial charge >= 0.3 is 0 Å². The van der Waals surface area contributed by atoms with Crippen molar-refractivity contribution < 1.29 is 4.74 Å². The van der Waals surface area contributed by atoms with Crippen LogP contribution >= 0.6 is 0 Å². The number of nitrogens with zero attached hydrogens (tertiary/aromatic N) is 3. The number of rotatable bonds is 7. The Kier molecular flexibility index (Phi) is 5.37. The maximum absolute atomic E-state index is 6.36. The normalized spacial score (nSPS) is 14.3. The fraction of sp³-hybridized carbons (Fsp3) is 0.500. The highest BCUT2D eigenvalue weighted by Gasteiger charge is 2.33. The van der Waals surface area contributed by atoms with Gasteiger partial charge in [-0.15, -0.1) is 0 Å². The highest BCUT2D eigenvalue weighted by atomic mass is 16.5. The maximum atomic E-state index is 6.36. The predicted molar refractivity (Wildman–Crippen MR) is 90.0 cm³/mol. The fourth-order valence-corrected chi connectivity index (χ4v) is 2.78. The standard InChI is InChI=1S/C18H27N3O/c1-15-14-17(21(5)19-15)18(2,16-10-7-6-8-11-16)22-13-9-12-20(3)4/h6-8,10-11,14H,9,12-13H2,1-5H3. The molecule has 0 aliphatic rings. The second-order valence-corrected chi connectivity index (χ2v) is 6.20. The Labute approximate surface area is 133 Å². The summed E-state index contributed by atoms with van der Waals surface area (Å²) in [4.78, 5) is 2.18. The van der Waals surface area contributed by atoms with Crippen molar-refractivity contribution in [3.63, 3.8) is 0 Å². The largest absolute Gasteiger partial charge is 0.364 e. The lowest BCUT2D eigenvalue weighted by Crippen LogP contribution is -2.31. The van der Waals surface area contributed by atoms with E-state index in [1.165, 1.54) is 0 Å². The van der Waals surface area contributed by atoms with Crippen molar-refractivity contribution >= 4 is 0 Å². The summed E-state index contributed by atoms with van der Waals surface area (Å²) in [5.74, 6) is 0. The minimum absolute atomic E-state index is 0.483. The van der Waals surface area contributed by atoms with E-state index < -0.39 is 5.60 Å². The van der Waals surface area contributed by atoms with E-state index in [2.05, 4.69) is 61.3 Å². The first-order chi connectivity index (χ1) is 10.4. The topological polar surface area (TPSA) is 30.3 Å². The molecule has 0 N–H and O–H groups in total. The fourth-order valence-electron chi connectivity index (χ4n) is 2.78. The van der Waals surface area contributed by atoms with Gasteiger partial charge in [-0.3, -0.25) is 4.68 Å². The number of aryl methyl sites for hydroxylation is 2. The minimum atomic E-state index is -0.483. The van der Waals surface area contributed by atoms with Crippen molar-refractivity contribution in [3.8, 4) is 0 Å². The molecule has 0 spiro atoms. The Balaban J connectivity index is 2.27. The zero-order valence-corrected chi connectivity index (χ0v) is 14.3. The third kappa shape index (κ3) is 3.76. The molecule has 0 saturated heterocycles. The summed E-state index contributed by atoms with van der Waals surface area (Å²) in [6.45, 7) is 5.89. The number of ether oxygens (including phenoxy) is 1. The molecule has 0 fully saturated rings. The summed E-state index contributed by atoms with van der Waals surface area (Å²) < 4.78 is 8.28. The van der Waals surface area contributed by atoms with Crippen molar-refractivity contribution in [2.45, 2.75) is 25.9 Å². The van der Waals surface area contributed by atoms with Crippen LogP contribution in [0.4, 0.5) is 0 Å². The van der Waals surface area contributed by atoms with Crippen molar-refractivity contribution in [2.75, 3.05) is 27.2 Å². The van der Waals surface area contributed by atoms with Crippen LogP contribution in [0.1, 0.15) is 30.3 Å². The molecular weight excluding hydrogens is 274 g/mol. The lowest BCUT2D eigenvalue weighted by Gasteiger charge is -2.31. The van der Waals surface area contributed by atoms with E-state index in [-0.39, 0.29) is 0 Å². The molecule has 0 aliphatic carbocycles. The maximum Gasteiger partial charge on any atom is 0.132 e. The van der Waals surface area contributed by atoms with Crippen LogP contribution < -0.4 is 0 Å². The highest BCUT2D eigenvalue weighted by molar-refractivity contribution is 5.32. The molecule has 4 heteroatoms. The molecule has 1 atom stereocenters. The molecule has 1 aromatic carbocycles. The monoisotopic (exact) mass is 301 g/mol. The van der Waals surface area contributed by atoms with Crippen LogP contribution in [0.3, 0.4) is 0 Å². The summed E-state index contributed by atoms with van der Waals surface area (Å²) in [7, 11) is 6.15. The van der Waals surface area contributed by atoms with Gasteiger partial charge in [0, 0.05) is 13.7 Å². The second-order valence-electron chi connectivity index (χ2n) is 6.20. The van der Waals surface area contributed by atoms with Crippen LogP contribution in [0.25, 0.3) is 0 Å². The van der Waals surface area contributed by atoms with Gasteiger partial charge < -0.3 is 9.64 Å². The number of hydrogen-bond acceptors (Lipinski definition) is 3. The van der Waals surface area contributed by atoms with E-state index in [1.807, 2.05) is 24.7 Å². The Bertz CT molecular complexity index is 592. The highest BCUT2D eigenvalue weighted by Crippen LogP contribution is 2.33. The Hall–Kier alpha value is -1.65. The van der Waals surface area contributed by atoms with Crippen LogP contribution in [0.5, 0.6) is 0 Å². The van der Waals surface area contributed by atoms with Gasteiger partial charge in [0.05, 0.1) is 11.4 Å². The second kappa shape index (κ2) is 7.07. The zero-order chi connectivity index (χ0) is 16.2. The van der Waals surface area contributed by atoms with Crippen LogP contribution in [-0.2, 0) is 17.4 Å². The molecule has 120 valence electrons. The average molecular weight is 301 g/mol. The molecule has 0 aliphatic heterocycles. The van der Waals surface area contributed by atoms with Gasteiger partial charge in [-0.1, -0.05) is 30.3 Å². The molecule has 1 heterocycles. The SMILES string of the molecule is Cc1cc(C(C)(OCCCN(C)C)c2ccccc2)n(C)n1. The third-order valence-electron chi connectivity index (χ3n) is 3.96.